The minimum absolute atomic E-state index is 0.00647. The molecule has 0 aromatic heterocycles. The summed E-state index contributed by atoms with van der Waals surface area (Å²) in [5, 5.41) is 11.8. The van der Waals surface area contributed by atoms with Crippen molar-refractivity contribution in [2.45, 2.75) is 31.7 Å². The first-order valence-electron chi connectivity index (χ1n) is 8.33. The van der Waals surface area contributed by atoms with Gasteiger partial charge in [-0.2, -0.15) is 4.72 Å². The summed E-state index contributed by atoms with van der Waals surface area (Å²) in [7, 11) is -3.95. The van der Waals surface area contributed by atoms with E-state index in [9.17, 15) is 23.1 Å². The summed E-state index contributed by atoms with van der Waals surface area (Å²) >= 11 is 0. The third-order valence-electron chi connectivity index (χ3n) is 3.92. The molecule has 0 aliphatic heterocycles. The van der Waals surface area contributed by atoms with Crippen molar-refractivity contribution in [2.75, 3.05) is 5.32 Å². The Bertz CT molecular complexity index is 920. The second-order valence-electron chi connectivity index (χ2n) is 6.46. The fourth-order valence-corrected chi connectivity index (χ4v) is 3.82. The standard InChI is InChI=1S/C19H22N2O5S/c1-12(2)18(19(23)24)21-27(25,26)17-10-6-15(7-11-17)14-4-8-16(9-5-14)20-13(3)22/h4-12,18,21H,1-3H3,(H,20,22)(H,23,24). The Labute approximate surface area is 158 Å². The highest BCUT2D eigenvalue weighted by atomic mass is 32.2. The Balaban J connectivity index is 2.21. The van der Waals surface area contributed by atoms with Crippen molar-refractivity contribution in [1.82, 2.24) is 4.72 Å². The number of amides is 1. The van der Waals surface area contributed by atoms with Gasteiger partial charge in [-0.1, -0.05) is 38.1 Å². The smallest absolute Gasteiger partial charge is 0.322 e. The van der Waals surface area contributed by atoms with E-state index < -0.39 is 28.0 Å². The highest BCUT2D eigenvalue weighted by molar-refractivity contribution is 7.89. The first-order chi connectivity index (χ1) is 12.6. The van der Waals surface area contributed by atoms with Gasteiger partial charge in [-0.15, -0.1) is 0 Å². The van der Waals surface area contributed by atoms with Crippen LogP contribution in [-0.2, 0) is 19.6 Å². The van der Waals surface area contributed by atoms with Crippen LogP contribution in [0, 0.1) is 5.92 Å². The topological polar surface area (TPSA) is 113 Å². The molecule has 0 heterocycles. The molecule has 1 atom stereocenters. The van der Waals surface area contributed by atoms with E-state index in [1.54, 1.807) is 38.1 Å². The first kappa shape index (κ1) is 20.6. The summed E-state index contributed by atoms with van der Waals surface area (Å²) < 4.78 is 27.1. The molecular weight excluding hydrogens is 368 g/mol. The molecule has 1 unspecified atom stereocenters. The minimum atomic E-state index is -3.95. The molecule has 2 aromatic rings. The van der Waals surface area contributed by atoms with Gasteiger partial charge in [-0.3, -0.25) is 9.59 Å². The van der Waals surface area contributed by atoms with Crippen LogP contribution < -0.4 is 10.0 Å². The second-order valence-corrected chi connectivity index (χ2v) is 8.18. The quantitative estimate of drug-likeness (QED) is 0.673. The molecule has 0 radical (unpaired) electrons. The molecule has 0 aliphatic carbocycles. The highest BCUT2D eigenvalue weighted by Crippen LogP contribution is 2.23. The molecule has 8 heteroatoms. The van der Waals surface area contributed by atoms with E-state index in [1.165, 1.54) is 19.1 Å². The molecule has 2 aromatic carbocycles. The van der Waals surface area contributed by atoms with Crippen LogP contribution in [0.1, 0.15) is 20.8 Å². The number of nitrogens with one attached hydrogen (secondary N) is 2. The zero-order chi connectivity index (χ0) is 20.2. The summed E-state index contributed by atoms with van der Waals surface area (Å²) in [6.45, 7) is 4.69. The molecule has 3 N–H and O–H groups in total. The van der Waals surface area contributed by atoms with E-state index in [-0.39, 0.29) is 10.8 Å². The minimum Gasteiger partial charge on any atom is -0.480 e. The lowest BCUT2D eigenvalue weighted by Crippen LogP contribution is -2.44. The Hall–Kier alpha value is -2.71. The van der Waals surface area contributed by atoms with Gasteiger partial charge in [0, 0.05) is 12.6 Å². The fraction of sp³-hybridized carbons (Fsp3) is 0.263. The van der Waals surface area contributed by atoms with E-state index in [4.69, 9.17) is 0 Å². The number of carbonyl (C=O) groups excluding carboxylic acids is 1. The van der Waals surface area contributed by atoms with Crippen LogP contribution in [-0.4, -0.2) is 31.4 Å². The number of carboxylic acid groups (broad SMARTS) is 1. The number of carboxylic acids is 1. The van der Waals surface area contributed by atoms with E-state index >= 15 is 0 Å². The number of anilines is 1. The Morgan fingerprint density at radius 3 is 1.81 bits per heavy atom. The molecule has 7 nitrogen and oxygen atoms in total. The van der Waals surface area contributed by atoms with Crippen molar-refractivity contribution in [2.24, 2.45) is 5.92 Å². The Morgan fingerprint density at radius 1 is 0.926 bits per heavy atom. The van der Waals surface area contributed by atoms with Gasteiger partial charge < -0.3 is 10.4 Å². The van der Waals surface area contributed by atoms with Gasteiger partial charge in [0.1, 0.15) is 6.04 Å². The van der Waals surface area contributed by atoms with E-state index in [0.29, 0.717) is 5.69 Å². The van der Waals surface area contributed by atoms with Gasteiger partial charge in [0.15, 0.2) is 0 Å². The maximum absolute atomic E-state index is 12.4. The van der Waals surface area contributed by atoms with Gasteiger partial charge in [-0.05, 0) is 41.3 Å². The number of benzene rings is 2. The van der Waals surface area contributed by atoms with Crippen LogP contribution in [0.3, 0.4) is 0 Å². The van der Waals surface area contributed by atoms with Crippen LogP contribution in [0.2, 0.25) is 0 Å². The van der Waals surface area contributed by atoms with Crippen LogP contribution in [0.25, 0.3) is 11.1 Å². The lowest BCUT2D eigenvalue weighted by atomic mass is 10.1. The van der Waals surface area contributed by atoms with E-state index in [0.717, 1.165) is 11.1 Å². The lowest BCUT2D eigenvalue weighted by molar-refractivity contribution is -0.140. The predicted octanol–water partition coefficient (Wildman–Crippen LogP) is 2.70. The average molecular weight is 390 g/mol. The monoisotopic (exact) mass is 390 g/mol. The third kappa shape index (κ3) is 5.38. The molecule has 0 bridgehead atoms. The van der Waals surface area contributed by atoms with Crippen molar-refractivity contribution < 1.29 is 23.1 Å². The SMILES string of the molecule is CC(=O)Nc1ccc(-c2ccc(S(=O)(=O)NC(C(=O)O)C(C)C)cc2)cc1. The van der Waals surface area contributed by atoms with Crippen molar-refractivity contribution in [3.05, 3.63) is 48.5 Å². The molecule has 0 saturated carbocycles. The van der Waals surface area contributed by atoms with Crippen LogP contribution >= 0.6 is 0 Å². The highest BCUT2D eigenvalue weighted by Gasteiger charge is 2.27. The largest absolute Gasteiger partial charge is 0.480 e. The molecule has 0 spiro atoms. The predicted molar refractivity (Wildman–Crippen MR) is 103 cm³/mol. The van der Waals surface area contributed by atoms with Gasteiger partial charge in [-0.25, -0.2) is 8.42 Å². The summed E-state index contributed by atoms with van der Waals surface area (Å²) in [5.74, 6) is -1.77. The number of sulfonamides is 1. The fourth-order valence-electron chi connectivity index (χ4n) is 2.48. The van der Waals surface area contributed by atoms with Crippen LogP contribution in [0.5, 0.6) is 0 Å². The molecule has 0 fully saturated rings. The Kier molecular flexibility index (Phi) is 6.35. The van der Waals surface area contributed by atoms with Gasteiger partial charge >= 0.3 is 5.97 Å². The average Bonchev–Trinajstić information content (AvgIpc) is 2.59. The third-order valence-corrected chi connectivity index (χ3v) is 5.38. The number of carbonyl (C=O) groups is 2. The maximum Gasteiger partial charge on any atom is 0.322 e. The molecular formula is C19H22N2O5S. The molecule has 0 aliphatic rings. The van der Waals surface area contributed by atoms with Crippen LogP contribution in [0.15, 0.2) is 53.4 Å². The first-order valence-corrected chi connectivity index (χ1v) is 9.81. The Morgan fingerprint density at radius 2 is 1.41 bits per heavy atom. The summed E-state index contributed by atoms with van der Waals surface area (Å²) in [6.07, 6.45) is 0. The van der Waals surface area contributed by atoms with E-state index in [1.807, 2.05) is 12.1 Å². The number of aliphatic carboxylic acids is 1. The maximum atomic E-state index is 12.4. The molecule has 0 saturated heterocycles. The van der Waals surface area contributed by atoms with Gasteiger partial charge in [0.25, 0.3) is 0 Å². The summed E-state index contributed by atoms with van der Waals surface area (Å²) in [5.41, 5.74) is 2.32. The van der Waals surface area contributed by atoms with Crippen molar-refractivity contribution >= 4 is 27.6 Å². The number of hydrogen-bond donors (Lipinski definition) is 3. The van der Waals surface area contributed by atoms with Crippen molar-refractivity contribution in [3.63, 3.8) is 0 Å². The zero-order valence-corrected chi connectivity index (χ0v) is 16.1. The number of hydrogen-bond acceptors (Lipinski definition) is 4. The molecule has 27 heavy (non-hydrogen) atoms. The second kappa shape index (κ2) is 8.32. The van der Waals surface area contributed by atoms with Crippen molar-refractivity contribution in [1.29, 1.82) is 0 Å². The normalized spacial score (nSPS) is 12.6. The van der Waals surface area contributed by atoms with E-state index in [2.05, 4.69) is 10.0 Å². The van der Waals surface area contributed by atoms with Crippen LogP contribution in [0.4, 0.5) is 5.69 Å². The molecule has 2 rings (SSSR count). The zero-order valence-electron chi connectivity index (χ0n) is 15.3. The number of rotatable bonds is 7. The van der Waals surface area contributed by atoms with Crippen molar-refractivity contribution in [3.8, 4) is 11.1 Å². The van der Waals surface area contributed by atoms with Gasteiger partial charge in [0.05, 0.1) is 4.90 Å². The van der Waals surface area contributed by atoms with Gasteiger partial charge in [0.2, 0.25) is 15.9 Å². The molecule has 144 valence electrons. The summed E-state index contributed by atoms with van der Waals surface area (Å²) in [4.78, 5) is 22.3. The lowest BCUT2D eigenvalue weighted by Gasteiger charge is -2.18. The molecule has 1 amide bonds. The summed E-state index contributed by atoms with van der Waals surface area (Å²) in [6, 6.07) is 12.1.